The molecule has 0 spiro atoms. The minimum absolute atomic E-state index is 0.0549. The van der Waals surface area contributed by atoms with Gasteiger partial charge in [0, 0.05) is 13.1 Å². The van der Waals surface area contributed by atoms with Gasteiger partial charge in [0.25, 0.3) is 0 Å². The molecule has 0 radical (unpaired) electrons. The summed E-state index contributed by atoms with van der Waals surface area (Å²) >= 11 is 0. The summed E-state index contributed by atoms with van der Waals surface area (Å²) < 4.78 is 1.48. The zero-order valence-corrected chi connectivity index (χ0v) is 7.53. The van der Waals surface area contributed by atoms with Gasteiger partial charge in [-0.25, -0.2) is 9.67 Å². The van der Waals surface area contributed by atoms with Gasteiger partial charge in [-0.2, -0.15) is 5.10 Å². The van der Waals surface area contributed by atoms with Crippen LogP contribution in [0.4, 0.5) is 0 Å². The number of hydrogen-bond acceptors (Lipinski definition) is 4. The lowest BCUT2D eigenvalue weighted by Crippen LogP contribution is -2.33. The maximum absolute atomic E-state index is 11.2. The quantitative estimate of drug-likeness (QED) is 0.551. The van der Waals surface area contributed by atoms with Gasteiger partial charge in [0.1, 0.15) is 19.2 Å². The van der Waals surface area contributed by atoms with Gasteiger partial charge >= 0.3 is 0 Å². The van der Waals surface area contributed by atoms with Crippen molar-refractivity contribution in [3.05, 3.63) is 12.7 Å². The van der Waals surface area contributed by atoms with Gasteiger partial charge in [0.05, 0.1) is 0 Å². The number of rotatable bonds is 5. The Morgan fingerprint density at radius 1 is 1.54 bits per heavy atom. The standard InChI is InChI=1S/C7H13N5O/c1-8-2-3-10-7(13)4-12-6-9-5-11-12/h5-6,8H,2-4H2,1H3,(H,10,13). The Hall–Kier alpha value is -1.43. The smallest absolute Gasteiger partial charge is 0.241 e. The van der Waals surface area contributed by atoms with Gasteiger partial charge in [-0.05, 0) is 7.05 Å². The molecule has 1 aromatic rings. The fourth-order valence-corrected chi connectivity index (χ4v) is 0.844. The van der Waals surface area contributed by atoms with Crippen LogP contribution in [-0.4, -0.2) is 40.8 Å². The second kappa shape index (κ2) is 5.26. The summed E-state index contributed by atoms with van der Waals surface area (Å²) in [6, 6.07) is 0. The van der Waals surface area contributed by atoms with Crippen LogP contribution < -0.4 is 10.6 Å². The predicted molar refractivity (Wildman–Crippen MR) is 47.0 cm³/mol. The molecule has 72 valence electrons. The summed E-state index contributed by atoms with van der Waals surface area (Å²) in [4.78, 5) is 14.9. The Morgan fingerprint density at radius 2 is 2.38 bits per heavy atom. The van der Waals surface area contributed by atoms with E-state index in [0.717, 1.165) is 6.54 Å². The molecule has 1 heterocycles. The average molecular weight is 183 g/mol. The van der Waals surface area contributed by atoms with Gasteiger partial charge in [0.2, 0.25) is 5.91 Å². The summed E-state index contributed by atoms with van der Waals surface area (Å²) in [5.74, 6) is -0.0549. The molecule has 0 bridgehead atoms. The van der Waals surface area contributed by atoms with Crippen LogP contribution in [0.2, 0.25) is 0 Å². The molecule has 0 aliphatic rings. The molecule has 0 fully saturated rings. The van der Waals surface area contributed by atoms with Crippen LogP contribution in [0.15, 0.2) is 12.7 Å². The monoisotopic (exact) mass is 183 g/mol. The number of nitrogens with one attached hydrogen (secondary N) is 2. The maximum Gasteiger partial charge on any atom is 0.241 e. The van der Waals surface area contributed by atoms with Gasteiger partial charge in [-0.15, -0.1) is 0 Å². The van der Waals surface area contributed by atoms with E-state index in [1.165, 1.54) is 17.3 Å². The predicted octanol–water partition coefficient (Wildman–Crippen LogP) is -1.39. The molecule has 13 heavy (non-hydrogen) atoms. The highest BCUT2D eigenvalue weighted by Gasteiger charge is 2.00. The van der Waals surface area contributed by atoms with E-state index >= 15 is 0 Å². The summed E-state index contributed by atoms with van der Waals surface area (Å²) in [5.41, 5.74) is 0. The van der Waals surface area contributed by atoms with Crippen molar-refractivity contribution in [1.82, 2.24) is 25.4 Å². The highest BCUT2D eigenvalue weighted by atomic mass is 16.2. The van der Waals surface area contributed by atoms with Crippen molar-refractivity contribution >= 4 is 5.91 Å². The van der Waals surface area contributed by atoms with E-state index in [-0.39, 0.29) is 12.5 Å². The number of carbonyl (C=O) groups is 1. The number of amides is 1. The normalized spacial score (nSPS) is 9.92. The van der Waals surface area contributed by atoms with E-state index < -0.39 is 0 Å². The molecule has 0 saturated carbocycles. The third-order valence-electron chi connectivity index (χ3n) is 1.47. The number of likely N-dealkylation sites (N-methyl/N-ethyl adjacent to an activating group) is 1. The summed E-state index contributed by atoms with van der Waals surface area (Å²) in [6.07, 6.45) is 2.92. The zero-order chi connectivity index (χ0) is 9.52. The van der Waals surface area contributed by atoms with Gasteiger partial charge < -0.3 is 10.6 Å². The molecule has 2 N–H and O–H groups in total. The van der Waals surface area contributed by atoms with E-state index in [1.807, 2.05) is 7.05 Å². The zero-order valence-electron chi connectivity index (χ0n) is 7.53. The SMILES string of the molecule is CNCCNC(=O)Cn1cncn1. The van der Waals surface area contributed by atoms with Crippen LogP contribution in [0.3, 0.4) is 0 Å². The summed E-state index contributed by atoms with van der Waals surface area (Å²) in [6.45, 7) is 1.62. The van der Waals surface area contributed by atoms with E-state index in [1.54, 1.807) is 0 Å². The molecule has 0 saturated heterocycles. The van der Waals surface area contributed by atoms with Crippen LogP contribution in [0.1, 0.15) is 0 Å². The van der Waals surface area contributed by atoms with Crippen molar-refractivity contribution in [3.8, 4) is 0 Å². The van der Waals surface area contributed by atoms with Gasteiger partial charge in [0.15, 0.2) is 0 Å². The van der Waals surface area contributed by atoms with Crippen LogP contribution in [0, 0.1) is 0 Å². The lowest BCUT2D eigenvalue weighted by molar-refractivity contribution is -0.121. The molecule has 1 amide bonds. The number of hydrogen-bond donors (Lipinski definition) is 2. The van der Waals surface area contributed by atoms with Crippen molar-refractivity contribution in [1.29, 1.82) is 0 Å². The van der Waals surface area contributed by atoms with Crippen molar-refractivity contribution in [2.75, 3.05) is 20.1 Å². The molecular formula is C7H13N5O. The van der Waals surface area contributed by atoms with Crippen LogP contribution in [0.5, 0.6) is 0 Å². The minimum atomic E-state index is -0.0549. The Balaban J connectivity index is 2.18. The average Bonchev–Trinajstić information content (AvgIpc) is 2.57. The van der Waals surface area contributed by atoms with Gasteiger partial charge in [-0.3, -0.25) is 4.79 Å². The van der Waals surface area contributed by atoms with Crippen LogP contribution in [-0.2, 0) is 11.3 Å². The van der Waals surface area contributed by atoms with Crippen LogP contribution >= 0.6 is 0 Å². The Kier molecular flexibility index (Phi) is 3.90. The van der Waals surface area contributed by atoms with Crippen molar-refractivity contribution in [3.63, 3.8) is 0 Å². The topological polar surface area (TPSA) is 71.8 Å². The first-order valence-electron chi connectivity index (χ1n) is 4.06. The Morgan fingerprint density at radius 3 is 3.00 bits per heavy atom. The highest BCUT2D eigenvalue weighted by Crippen LogP contribution is 1.79. The number of nitrogens with zero attached hydrogens (tertiary/aromatic N) is 3. The van der Waals surface area contributed by atoms with Crippen molar-refractivity contribution in [2.24, 2.45) is 0 Å². The van der Waals surface area contributed by atoms with Crippen LogP contribution in [0.25, 0.3) is 0 Å². The Labute approximate surface area is 76.3 Å². The van der Waals surface area contributed by atoms with E-state index in [9.17, 15) is 4.79 Å². The third kappa shape index (κ3) is 3.66. The first-order chi connectivity index (χ1) is 6.33. The molecular weight excluding hydrogens is 170 g/mol. The molecule has 1 rings (SSSR count). The number of aromatic nitrogens is 3. The Bertz CT molecular complexity index is 245. The molecule has 0 unspecified atom stereocenters. The van der Waals surface area contributed by atoms with E-state index in [4.69, 9.17) is 0 Å². The second-order valence-electron chi connectivity index (χ2n) is 2.55. The first kappa shape index (κ1) is 9.66. The molecule has 0 aromatic carbocycles. The largest absolute Gasteiger partial charge is 0.353 e. The van der Waals surface area contributed by atoms with Crippen molar-refractivity contribution in [2.45, 2.75) is 6.54 Å². The lowest BCUT2D eigenvalue weighted by Gasteiger charge is -2.03. The molecule has 6 heteroatoms. The van der Waals surface area contributed by atoms with Gasteiger partial charge in [-0.1, -0.05) is 0 Å². The van der Waals surface area contributed by atoms with E-state index in [0.29, 0.717) is 6.54 Å². The molecule has 0 aliphatic heterocycles. The molecule has 0 aliphatic carbocycles. The first-order valence-corrected chi connectivity index (χ1v) is 4.06. The maximum atomic E-state index is 11.2. The molecule has 1 aromatic heterocycles. The van der Waals surface area contributed by atoms with Crippen molar-refractivity contribution < 1.29 is 4.79 Å². The third-order valence-corrected chi connectivity index (χ3v) is 1.47. The molecule has 0 atom stereocenters. The minimum Gasteiger partial charge on any atom is -0.353 e. The van der Waals surface area contributed by atoms with E-state index in [2.05, 4.69) is 20.7 Å². The fourth-order valence-electron chi connectivity index (χ4n) is 0.844. The summed E-state index contributed by atoms with van der Waals surface area (Å²) in [5, 5.41) is 9.48. The number of carbonyl (C=O) groups excluding carboxylic acids is 1. The lowest BCUT2D eigenvalue weighted by atomic mass is 10.5. The second-order valence-corrected chi connectivity index (χ2v) is 2.55. The molecule has 6 nitrogen and oxygen atoms in total. The highest BCUT2D eigenvalue weighted by molar-refractivity contribution is 5.75. The fraction of sp³-hybridized carbons (Fsp3) is 0.571. The summed E-state index contributed by atoms with van der Waals surface area (Å²) in [7, 11) is 1.84.